The van der Waals surface area contributed by atoms with Crippen LogP contribution in [-0.4, -0.2) is 73.0 Å². The lowest BCUT2D eigenvalue weighted by Gasteiger charge is -2.57. The van der Waals surface area contributed by atoms with Gasteiger partial charge in [0.2, 0.25) is 5.91 Å². The summed E-state index contributed by atoms with van der Waals surface area (Å²) < 4.78 is 0. The second kappa shape index (κ2) is 7.63. The van der Waals surface area contributed by atoms with Gasteiger partial charge in [0, 0.05) is 45.7 Å². The fraction of sp³-hybridized carbons (Fsp3) is 0.864. The highest BCUT2D eigenvalue weighted by molar-refractivity contribution is 5.76. The van der Waals surface area contributed by atoms with E-state index in [0.717, 1.165) is 51.1 Å². The molecule has 1 amide bonds. The van der Waals surface area contributed by atoms with Crippen molar-refractivity contribution in [3.63, 3.8) is 0 Å². The summed E-state index contributed by atoms with van der Waals surface area (Å²) in [6.45, 7) is 13.3. The summed E-state index contributed by atoms with van der Waals surface area (Å²) in [5.74, 6) is 2.06. The zero-order valence-electron chi connectivity index (χ0n) is 16.9. The molecule has 0 unspecified atom stereocenters. The van der Waals surface area contributed by atoms with E-state index >= 15 is 0 Å². The average Bonchev–Trinajstić information content (AvgIpc) is 2.82. The third kappa shape index (κ3) is 3.73. The normalized spacial score (nSPS) is 32.8. The average molecular weight is 360 g/mol. The van der Waals surface area contributed by atoms with Crippen molar-refractivity contribution in [2.45, 2.75) is 52.4 Å². The van der Waals surface area contributed by atoms with Gasteiger partial charge in [0.1, 0.15) is 0 Å². The number of amides is 1. The van der Waals surface area contributed by atoms with Crippen LogP contribution in [0.15, 0.2) is 11.6 Å². The predicted octanol–water partition coefficient (Wildman–Crippen LogP) is 3.00. The summed E-state index contributed by atoms with van der Waals surface area (Å²) >= 11 is 0. The van der Waals surface area contributed by atoms with E-state index in [9.17, 15) is 4.79 Å². The van der Waals surface area contributed by atoms with Crippen molar-refractivity contribution in [3.05, 3.63) is 11.6 Å². The van der Waals surface area contributed by atoms with E-state index in [1.807, 2.05) is 0 Å². The molecule has 3 aliphatic carbocycles. The van der Waals surface area contributed by atoms with Gasteiger partial charge in [0.25, 0.3) is 0 Å². The summed E-state index contributed by atoms with van der Waals surface area (Å²) in [5.41, 5.74) is 2.17. The number of hydrogen-bond acceptors (Lipinski definition) is 3. The maximum Gasteiger partial charge on any atom is 0.223 e. The van der Waals surface area contributed by atoms with Gasteiger partial charge in [0.15, 0.2) is 0 Å². The highest BCUT2D eigenvalue weighted by Gasteiger charge is 2.51. The van der Waals surface area contributed by atoms with Crippen molar-refractivity contribution in [1.29, 1.82) is 0 Å². The Labute approximate surface area is 159 Å². The van der Waals surface area contributed by atoms with E-state index in [2.05, 4.69) is 34.6 Å². The minimum atomic E-state index is 0.367. The molecule has 2 aliphatic heterocycles. The lowest BCUT2D eigenvalue weighted by atomic mass is 9.49. The van der Waals surface area contributed by atoms with Gasteiger partial charge in [-0.05, 0) is 56.0 Å². The minimum Gasteiger partial charge on any atom is -0.340 e. The SMILES string of the molecule is CC1(C)[C@H]2CC=C(CN3CCC(=O)N(CCN4CCCCC4)CC3)[C@@H]1C2. The maximum atomic E-state index is 12.6. The van der Waals surface area contributed by atoms with Crippen LogP contribution in [0.5, 0.6) is 0 Å². The number of likely N-dealkylation sites (tertiary alicyclic amines) is 1. The van der Waals surface area contributed by atoms with Crippen LogP contribution < -0.4 is 0 Å². The summed E-state index contributed by atoms with van der Waals surface area (Å²) in [6, 6.07) is 0. The number of carbonyl (C=O) groups is 1. The van der Waals surface area contributed by atoms with E-state index in [-0.39, 0.29) is 0 Å². The quantitative estimate of drug-likeness (QED) is 0.706. The molecule has 0 spiro atoms. The Morgan fingerprint density at radius 1 is 1.00 bits per heavy atom. The Morgan fingerprint density at radius 2 is 1.81 bits per heavy atom. The summed E-state index contributed by atoms with van der Waals surface area (Å²) in [6.07, 6.45) is 9.92. The van der Waals surface area contributed by atoms with E-state index in [4.69, 9.17) is 0 Å². The zero-order chi connectivity index (χ0) is 18.1. The first-order valence-corrected chi connectivity index (χ1v) is 11.0. The van der Waals surface area contributed by atoms with Crippen molar-refractivity contribution < 1.29 is 4.79 Å². The summed E-state index contributed by atoms with van der Waals surface area (Å²) in [4.78, 5) is 19.8. The van der Waals surface area contributed by atoms with Crippen LogP contribution >= 0.6 is 0 Å². The van der Waals surface area contributed by atoms with Gasteiger partial charge in [0.05, 0.1) is 0 Å². The smallest absolute Gasteiger partial charge is 0.223 e. The fourth-order valence-corrected chi connectivity index (χ4v) is 5.66. The van der Waals surface area contributed by atoms with E-state index in [1.165, 1.54) is 45.2 Å². The van der Waals surface area contributed by atoms with Crippen molar-refractivity contribution in [3.8, 4) is 0 Å². The number of hydrogen-bond donors (Lipinski definition) is 0. The molecule has 2 heterocycles. The third-order valence-corrected chi connectivity index (χ3v) is 7.80. The molecule has 146 valence electrons. The zero-order valence-corrected chi connectivity index (χ0v) is 16.9. The number of nitrogens with zero attached hydrogens (tertiary/aromatic N) is 3. The van der Waals surface area contributed by atoms with Gasteiger partial charge in [-0.25, -0.2) is 0 Å². The standard InChI is InChI=1S/C22H37N3O/c1-22(2)19-7-6-18(20(22)16-19)17-24-11-8-21(26)25(15-13-24)14-12-23-9-4-3-5-10-23/h6,19-20H,3-5,7-17H2,1-2H3/t19-,20-/m0/s1. The van der Waals surface area contributed by atoms with E-state index < -0.39 is 0 Å². The Bertz CT molecular complexity index is 550. The van der Waals surface area contributed by atoms with E-state index in [1.54, 1.807) is 5.57 Å². The largest absolute Gasteiger partial charge is 0.340 e. The summed E-state index contributed by atoms with van der Waals surface area (Å²) in [7, 11) is 0. The summed E-state index contributed by atoms with van der Waals surface area (Å²) in [5, 5.41) is 0. The number of rotatable bonds is 5. The predicted molar refractivity (Wildman–Crippen MR) is 106 cm³/mol. The van der Waals surface area contributed by atoms with E-state index in [0.29, 0.717) is 17.7 Å². The first-order chi connectivity index (χ1) is 12.5. The molecule has 2 saturated heterocycles. The second-order valence-corrected chi connectivity index (χ2v) is 9.63. The molecule has 0 aromatic carbocycles. The van der Waals surface area contributed by atoms with Crippen LogP contribution in [0.3, 0.4) is 0 Å². The van der Waals surface area contributed by atoms with Crippen molar-refractivity contribution >= 4 is 5.91 Å². The fourth-order valence-electron chi connectivity index (χ4n) is 5.66. The number of piperidine rings is 1. The van der Waals surface area contributed by atoms with Crippen LogP contribution in [0.25, 0.3) is 0 Å². The molecule has 1 saturated carbocycles. The van der Waals surface area contributed by atoms with Crippen LogP contribution in [0, 0.1) is 17.3 Å². The Kier molecular flexibility index (Phi) is 5.43. The van der Waals surface area contributed by atoms with Gasteiger partial charge in [-0.1, -0.05) is 31.9 Å². The number of carbonyl (C=O) groups excluding carboxylic acids is 1. The highest BCUT2D eigenvalue weighted by Crippen LogP contribution is 2.59. The molecule has 2 atom stereocenters. The van der Waals surface area contributed by atoms with Crippen molar-refractivity contribution in [2.75, 3.05) is 52.4 Å². The molecular formula is C22H37N3O. The molecule has 5 aliphatic rings. The first-order valence-electron chi connectivity index (χ1n) is 11.0. The van der Waals surface area contributed by atoms with Gasteiger partial charge >= 0.3 is 0 Å². The lowest BCUT2D eigenvalue weighted by molar-refractivity contribution is -0.130. The third-order valence-electron chi connectivity index (χ3n) is 7.80. The van der Waals surface area contributed by atoms with Crippen molar-refractivity contribution in [1.82, 2.24) is 14.7 Å². The van der Waals surface area contributed by atoms with Crippen LogP contribution in [0.4, 0.5) is 0 Å². The molecule has 0 aromatic rings. The highest BCUT2D eigenvalue weighted by atomic mass is 16.2. The number of fused-ring (bicyclic) bond motifs is 1. The van der Waals surface area contributed by atoms with Gasteiger partial charge in [-0.3, -0.25) is 9.69 Å². The second-order valence-electron chi connectivity index (χ2n) is 9.63. The Hall–Kier alpha value is -0.870. The van der Waals surface area contributed by atoms with Crippen LogP contribution in [0.2, 0.25) is 0 Å². The molecule has 0 aromatic heterocycles. The van der Waals surface area contributed by atoms with Gasteiger partial charge in [-0.15, -0.1) is 0 Å². The Balaban J connectivity index is 1.27. The Morgan fingerprint density at radius 3 is 2.54 bits per heavy atom. The maximum absolute atomic E-state index is 12.6. The molecule has 4 nitrogen and oxygen atoms in total. The molecule has 3 fully saturated rings. The molecular weight excluding hydrogens is 322 g/mol. The van der Waals surface area contributed by atoms with Crippen LogP contribution in [-0.2, 0) is 4.79 Å². The van der Waals surface area contributed by atoms with Gasteiger partial charge in [-0.2, -0.15) is 0 Å². The monoisotopic (exact) mass is 359 g/mol. The molecule has 26 heavy (non-hydrogen) atoms. The lowest BCUT2D eigenvalue weighted by Crippen LogP contribution is -2.50. The number of allylic oxidation sites excluding steroid dienone is 1. The topological polar surface area (TPSA) is 26.8 Å². The molecule has 0 radical (unpaired) electrons. The van der Waals surface area contributed by atoms with Crippen LogP contribution in [0.1, 0.15) is 52.4 Å². The first kappa shape index (κ1) is 18.5. The molecule has 2 bridgehead atoms. The minimum absolute atomic E-state index is 0.367. The molecule has 0 N–H and O–H groups in total. The molecule has 4 heteroatoms. The van der Waals surface area contributed by atoms with Crippen molar-refractivity contribution in [2.24, 2.45) is 17.3 Å². The van der Waals surface area contributed by atoms with Gasteiger partial charge < -0.3 is 9.80 Å². The molecule has 5 rings (SSSR count).